The number of para-hydroxylation sites is 2. The molecule has 0 fully saturated rings. The Bertz CT molecular complexity index is 2370. The van der Waals surface area contributed by atoms with Crippen molar-refractivity contribution in [2.24, 2.45) is 0 Å². The number of ether oxygens (including phenoxy) is 2. The standard InChI is InChI=1S/C42H29BN2O2/c1-42(2)31-23-34-39(47-38-20-10-19-37-41(38)43(34)33-17-8-9-18-36(33)46-37)22-30(31)40-29-16-7-6-15-28(29)35(24-32(40)42)45(26-12-4-3-5-13-26)27-14-11-21-44-25-27/h3-25H,1-2H3. The van der Waals surface area contributed by atoms with Crippen molar-refractivity contribution in [3.8, 4) is 34.1 Å². The zero-order valence-electron chi connectivity index (χ0n) is 26.1. The van der Waals surface area contributed by atoms with Crippen LogP contribution in [0.25, 0.3) is 21.9 Å². The van der Waals surface area contributed by atoms with E-state index in [2.05, 4.69) is 133 Å². The minimum atomic E-state index is -0.264. The highest BCUT2D eigenvalue weighted by Gasteiger charge is 2.44. The van der Waals surface area contributed by atoms with E-state index >= 15 is 0 Å². The van der Waals surface area contributed by atoms with Crippen molar-refractivity contribution in [1.82, 2.24) is 4.98 Å². The first-order chi connectivity index (χ1) is 23.1. The third kappa shape index (κ3) is 3.68. The summed E-state index contributed by atoms with van der Waals surface area (Å²) < 4.78 is 13.1. The van der Waals surface area contributed by atoms with Gasteiger partial charge < -0.3 is 14.4 Å². The maximum absolute atomic E-state index is 6.74. The quantitative estimate of drug-likeness (QED) is 0.189. The van der Waals surface area contributed by atoms with Crippen molar-refractivity contribution in [1.29, 1.82) is 0 Å². The Morgan fingerprint density at radius 2 is 1.30 bits per heavy atom. The van der Waals surface area contributed by atoms with Gasteiger partial charge in [0.05, 0.1) is 17.6 Å². The van der Waals surface area contributed by atoms with Crippen LogP contribution in [0.1, 0.15) is 25.0 Å². The van der Waals surface area contributed by atoms with Crippen LogP contribution < -0.4 is 30.8 Å². The molecule has 0 amide bonds. The van der Waals surface area contributed by atoms with Crippen molar-refractivity contribution >= 4 is 50.9 Å². The molecular weight excluding hydrogens is 575 g/mol. The number of fused-ring (bicyclic) bond motifs is 9. The lowest BCUT2D eigenvalue weighted by Gasteiger charge is -2.33. The van der Waals surface area contributed by atoms with Gasteiger partial charge in [-0.1, -0.05) is 86.6 Å². The molecule has 0 bridgehead atoms. The van der Waals surface area contributed by atoms with Crippen LogP contribution in [0.4, 0.5) is 17.1 Å². The fourth-order valence-electron chi connectivity index (χ4n) is 8.11. The number of anilines is 3. The van der Waals surface area contributed by atoms with Crippen molar-refractivity contribution in [2.75, 3.05) is 4.90 Å². The third-order valence-corrected chi connectivity index (χ3v) is 10.2. The number of nitrogens with zero attached hydrogens (tertiary/aromatic N) is 2. The SMILES string of the molecule is CC1(C)c2cc3c(cc2-c2c1cc(N(c1ccccc1)c1cccnc1)c1ccccc21)Oc1cccc2c1B3c1ccccc1O2. The van der Waals surface area contributed by atoms with Gasteiger partial charge in [0.25, 0.3) is 6.71 Å². The van der Waals surface area contributed by atoms with Gasteiger partial charge in [-0.2, -0.15) is 0 Å². The summed E-state index contributed by atoms with van der Waals surface area (Å²) in [7, 11) is 0. The minimum absolute atomic E-state index is 0.0335. The molecule has 1 aliphatic carbocycles. The Kier molecular flexibility index (Phi) is 5.40. The molecule has 3 aliphatic rings. The van der Waals surface area contributed by atoms with E-state index in [9.17, 15) is 0 Å². The molecule has 4 nitrogen and oxygen atoms in total. The molecule has 5 heteroatoms. The maximum Gasteiger partial charge on any atom is 0.260 e. The monoisotopic (exact) mass is 604 g/mol. The number of rotatable bonds is 3. The van der Waals surface area contributed by atoms with Crippen LogP contribution in [0.5, 0.6) is 23.0 Å². The second-order valence-corrected chi connectivity index (χ2v) is 13.1. The van der Waals surface area contributed by atoms with E-state index in [1.165, 1.54) is 44.0 Å². The smallest absolute Gasteiger partial charge is 0.260 e. The van der Waals surface area contributed by atoms with E-state index in [1.807, 2.05) is 30.6 Å². The molecule has 0 unspecified atom stereocenters. The molecular formula is C42H29BN2O2. The van der Waals surface area contributed by atoms with Crippen molar-refractivity contribution in [2.45, 2.75) is 19.3 Å². The summed E-state index contributed by atoms with van der Waals surface area (Å²) in [5, 5.41) is 2.42. The molecule has 10 rings (SSSR count). The average Bonchev–Trinajstić information content (AvgIpc) is 3.33. The molecule has 6 aromatic carbocycles. The van der Waals surface area contributed by atoms with Crippen molar-refractivity contribution in [3.63, 3.8) is 0 Å². The molecule has 0 saturated heterocycles. The summed E-state index contributed by atoms with van der Waals surface area (Å²) in [6, 6.07) is 45.2. The van der Waals surface area contributed by atoms with Gasteiger partial charge in [0.1, 0.15) is 23.0 Å². The topological polar surface area (TPSA) is 34.6 Å². The van der Waals surface area contributed by atoms with Crippen LogP contribution in [0.3, 0.4) is 0 Å². The molecule has 0 atom stereocenters. The first kappa shape index (κ1) is 26.4. The maximum atomic E-state index is 6.74. The van der Waals surface area contributed by atoms with Gasteiger partial charge in [-0.25, -0.2) is 0 Å². The summed E-state index contributed by atoms with van der Waals surface area (Å²) in [5.41, 5.74) is 11.6. The number of hydrogen-bond acceptors (Lipinski definition) is 4. The second kappa shape index (κ2) is 9.60. The highest BCUT2D eigenvalue weighted by Crippen LogP contribution is 2.55. The van der Waals surface area contributed by atoms with E-state index in [0.29, 0.717) is 0 Å². The van der Waals surface area contributed by atoms with Crippen molar-refractivity contribution < 1.29 is 9.47 Å². The minimum Gasteiger partial charge on any atom is -0.458 e. The van der Waals surface area contributed by atoms with Gasteiger partial charge in [0.2, 0.25) is 0 Å². The molecule has 7 aromatic rings. The molecule has 3 heterocycles. The lowest BCUT2D eigenvalue weighted by atomic mass is 9.34. The third-order valence-electron chi connectivity index (χ3n) is 10.2. The summed E-state index contributed by atoms with van der Waals surface area (Å²) >= 11 is 0. The summed E-state index contributed by atoms with van der Waals surface area (Å²) in [6.07, 6.45) is 3.77. The molecule has 47 heavy (non-hydrogen) atoms. The summed E-state index contributed by atoms with van der Waals surface area (Å²) in [6.45, 7) is 4.76. The van der Waals surface area contributed by atoms with E-state index in [1.54, 1.807) is 0 Å². The molecule has 0 saturated carbocycles. The molecule has 0 spiro atoms. The van der Waals surface area contributed by atoms with Crippen molar-refractivity contribution in [3.05, 3.63) is 151 Å². The lowest BCUT2D eigenvalue weighted by Crippen LogP contribution is -2.57. The van der Waals surface area contributed by atoms with Gasteiger partial charge in [-0.3, -0.25) is 4.98 Å². The normalized spacial score (nSPS) is 14.2. The van der Waals surface area contributed by atoms with Gasteiger partial charge >= 0.3 is 0 Å². The van der Waals surface area contributed by atoms with E-state index < -0.39 is 0 Å². The number of pyridine rings is 1. The fraction of sp³-hybridized carbons (Fsp3) is 0.0714. The predicted molar refractivity (Wildman–Crippen MR) is 192 cm³/mol. The second-order valence-electron chi connectivity index (χ2n) is 13.1. The molecule has 0 radical (unpaired) electrons. The number of hydrogen-bond donors (Lipinski definition) is 0. The first-order valence-electron chi connectivity index (χ1n) is 16.2. The van der Waals surface area contributed by atoms with Gasteiger partial charge in [0.15, 0.2) is 0 Å². The van der Waals surface area contributed by atoms with E-state index in [0.717, 1.165) is 45.5 Å². The van der Waals surface area contributed by atoms with E-state index in [4.69, 9.17) is 9.47 Å². The number of aromatic nitrogens is 1. The Hall–Kier alpha value is -5.81. The lowest BCUT2D eigenvalue weighted by molar-refractivity contribution is 0.464. The van der Waals surface area contributed by atoms with Gasteiger partial charge in [-0.15, -0.1) is 0 Å². The first-order valence-corrected chi connectivity index (χ1v) is 16.2. The van der Waals surface area contributed by atoms with Crippen LogP contribution in [0.2, 0.25) is 0 Å². The van der Waals surface area contributed by atoms with Crippen LogP contribution in [0, 0.1) is 0 Å². The Labute approximate surface area is 274 Å². The Morgan fingerprint density at radius 3 is 2.11 bits per heavy atom. The Morgan fingerprint density at radius 1 is 0.596 bits per heavy atom. The average molecular weight is 605 g/mol. The molecule has 222 valence electrons. The molecule has 2 aliphatic heterocycles. The van der Waals surface area contributed by atoms with Crippen LogP contribution in [0.15, 0.2) is 140 Å². The largest absolute Gasteiger partial charge is 0.458 e. The zero-order chi connectivity index (χ0) is 31.3. The molecule has 1 aromatic heterocycles. The predicted octanol–water partition coefficient (Wildman–Crippen LogP) is 8.74. The van der Waals surface area contributed by atoms with Crippen LogP contribution >= 0.6 is 0 Å². The van der Waals surface area contributed by atoms with Crippen LogP contribution in [-0.4, -0.2) is 11.7 Å². The van der Waals surface area contributed by atoms with Gasteiger partial charge in [-0.05, 0) is 93.2 Å². The highest BCUT2D eigenvalue weighted by atomic mass is 16.5. The fourth-order valence-corrected chi connectivity index (χ4v) is 8.11. The zero-order valence-corrected chi connectivity index (χ0v) is 26.1. The summed E-state index contributed by atoms with van der Waals surface area (Å²) in [4.78, 5) is 6.84. The van der Waals surface area contributed by atoms with E-state index in [-0.39, 0.29) is 12.1 Å². The Balaban J connectivity index is 1.23. The summed E-state index contributed by atoms with van der Waals surface area (Å²) in [5.74, 6) is 3.55. The van der Waals surface area contributed by atoms with Gasteiger partial charge in [0, 0.05) is 28.1 Å². The highest BCUT2D eigenvalue weighted by molar-refractivity contribution is 6.98. The number of benzene rings is 6. The molecule has 0 N–H and O–H groups in total. The van der Waals surface area contributed by atoms with Crippen LogP contribution in [-0.2, 0) is 5.41 Å².